The number of carbonyl (C=O) groups is 1. The molecule has 0 radical (unpaired) electrons. The summed E-state index contributed by atoms with van der Waals surface area (Å²) in [5, 5.41) is 3.17. The summed E-state index contributed by atoms with van der Waals surface area (Å²) in [7, 11) is 1.92. The molecule has 1 unspecified atom stereocenters. The maximum Gasteiger partial charge on any atom is 0.264 e. The molecule has 1 aromatic heterocycles. The van der Waals surface area contributed by atoms with Gasteiger partial charge < -0.3 is 15.2 Å². The monoisotopic (exact) mass is 320 g/mol. The van der Waals surface area contributed by atoms with E-state index in [0.717, 1.165) is 19.4 Å². The summed E-state index contributed by atoms with van der Waals surface area (Å²) in [6.07, 6.45) is 2.09. The lowest BCUT2D eigenvalue weighted by Gasteiger charge is -2.33. The molecule has 1 aliphatic rings. The van der Waals surface area contributed by atoms with Gasteiger partial charge in [-0.05, 0) is 39.3 Å². The molecule has 6 nitrogen and oxygen atoms in total. The van der Waals surface area contributed by atoms with Gasteiger partial charge in [-0.15, -0.1) is 0 Å². The van der Waals surface area contributed by atoms with Gasteiger partial charge in [-0.2, -0.15) is 0 Å². The second-order valence-electron chi connectivity index (χ2n) is 7.44. The predicted molar refractivity (Wildman–Crippen MR) is 90.8 cm³/mol. The Hall–Kier alpha value is -1.69. The minimum Gasteiger partial charge on any atom is -0.338 e. The second kappa shape index (κ2) is 6.83. The third-order valence-corrected chi connectivity index (χ3v) is 4.32. The smallest absolute Gasteiger partial charge is 0.264 e. The van der Waals surface area contributed by atoms with E-state index in [-0.39, 0.29) is 22.4 Å². The summed E-state index contributed by atoms with van der Waals surface area (Å²) in [4.78, 5) is 34.3. The Bertz CT molecular complexity index is 628. The molecule has 2 heterocycles. The minimum atomic E-state index is -0.330. The van der Waals surface area contributed by atoms with E-state index in [1.54, 1.807) is 11.8 Å². The normalized spacial score (nSPS) is 19.0. The number of hydrogen-bond donors (Lipinski definition) is 2. The van der Waals surface area contributed by atoms with Gasteiger partial charge in [-0.25, -0.2) is 4.98 Å². The van der Waals surface area contributed by atoms with Gasteiger partial charge in [-0.1, -0.05) is 20.8 Å². The lowest BCUT2D eigenvalue weighted by atomic mass is 9.95. The molecule has 1 amide bonds. The third-order valence-electron chi connectivity index (χ3n) is 4.32. The van der Waals surface area contributed by atoms with Gasteiger partial charge in [0.15, 0.2) is 0 Å². The first-order chi connectivity index (χ1) is 10.7. The quantitative estimate of drug-likeness (QED) is 0.883. The SMILES string of the molecule is CNCC1CCCN(C(=O)c2c(C)nc(C(C)(C)C)[nH]c2=O)C1. The van der Waals surface area contributed by atoms with Crippen LogP contribution >= 0.6 is 0 Å². The van der Waals surface area contributed by atoms with Crippen LogP contribution < -0.4 is 10.9 Å². The number of nitrogens with one attached hydrogen (secondary N) is 2. The fraction of sp³-hybridized carbons (Fsp3) is 0.706. The van der Waals surface area contributed by atoms with Crippen molar-refractivity contribution in [1.29, 1.82) is 0 Å². The number of aryl methyl sites for hydroxylation is 1. The average Bonchev–Trinajstić information content (AvgIpc) is 2.46. The maximum atomic E-state index is 12.8. The molecule has 1 saturated heterocycles. The zero-order valence-electron chi connectivity index (χ0n) is 14.8. The number of likely N-dealkylation sites (tertiary alicyclic amines) is 1. The highest BCUT2D eigenvalue weighted by Crippen LogP contribution is 2.20. The van der Waals surface area contributed by atoms with Crippen molar-refractivity contribution in [1.82, 2.24) is 20.2 Å². The fourth-order valence-corrected chi connectivity index (χ4v) is 3.06. The first kappa shape index (κ1) is 17.7. The van der Waals surface area contributed by atoms with E-state index in [2.05, 4.69) is 15.3 Å². The van der Waals surface area contributed by atoms with Gasteiger partial charge in [0.25, 0.3) is 11.5 Å². The van der Waals surface area contributed by atoms with E-state index in [1.165, 1.54) is 0 Å². The van der Waals surface area contributed by atoms with Gasteiger partial charge in [0.05, 0.1) is 5.69 Å². The first-order valence-corrected chi connectivity index (χ1v) is 8.29. The van der Waals surface area contributed by atoms with Crippen LogP contribution in [0.1, 0.15) is 55.5 Å². The lowest BCUT2D eigenvalue weighted by Crippen LogP contribution is -2.44. The van der Waals surface area contributed by atoms with E-state index in [0.29, 0.717) is 30.5 Å². The Kier molecular flexibility index (Phi) is 5.24. The molecule has 128 valence electrons. The van der Waals surface area contributed by atoms with Crippen LogP contribution in [0, 0.1) is 12.8 Å². The highest BCUT2D eigenvalue weighted by Gasteiger charge is 2.28. The van der Waals surface area contributed by atoms with Gasteiger partial charge in [0.1, 0.15) is 11.4 Å². The summed E-state index contributed by atoms with van der Waals surface area (Å²) in [6, 6.07) is 0. The summed E-state index contributed by atoms with van der Waals surface area (Å²) in [5.41, 5.74) is 0.111. The van der Waals surface area contributed by atoms with Crippen LogP contribution in [0.2, 0.25) is 0 Å². The Morgan fingerprint density at radius 3 is 2.70 bits per heavy atom. The topological polar surface area (TPSA) is 78.1 Å². The van der Waals surface area contributed by atoms with E-state index in [4.69, 9.17) is 0 Å². The maximum absolute atomic E-state index is 12.8. The number of hydrogen-bond acceptors (Lipinski definition) is 4. The van der Waals surface area contributed by atoms with Crippen molar-refractivity contribution in [3.8, 4) is 0 Å². The van der Waals surface area contributed by atoms with Crippen molar-refractivity contribution < 1.29 is 4.79 Å². The second-order valence-corrected chi connectivity index (χ2v) is 7.44. The highest BCUT2D eigenvalue weighted by atomic mass is 16.2. The molecule has 23 heavy (non-hydrogen) atoms. The number of piperidine rings is 1. The van der Waals surface area contributed by atoms with Crippen molar-refractivity contribution in [3.05, 3.63) is 27.4 Å². The van der Waals surface area contributed by atoms with Crippen LogP contribution in [0.3, 0.4) is 0 Å². The zero-order chi connectivity index (χ0) is 17.2. The van der Waals surface area contributed by atoms with Crippen LogP contribution in [0.15, 0.2) is 4.79 Å². The number of aromatic amines is 1. The molecule has 1 aromatic rings. The van der Waals surface area contributed by atoms with Crippen molar-refractivity contribution in [2.24, 2.45) is 5.92 Å². The third kappa shape index (κ3) is 3.99. The van der Waals surface area contributed by atoms with E-state index < -0.39 is 0 Å². The summed E-state index contributed by atoms with van der Waals surface area (Å²) >= 11 is 0. The number of H-pyrrole nitrogens is 1. The molecule has 0 saturated carbocycles. The average molecular weight is 320 g/mol. The minimum absolute atomic E-state index is 0.183. The van der Waals surface area contributed by atoms with Crippen LogP contribution in [0.4, 0.5) is 0 Å². The fourth-order valence-electron chi connectivity index (χ4n) is 3.06. The molecular formula is C17H28N4O2. The number of rotatable bonds is 3. The molecule has 0 bridgehead atoms. The standard InChI is InChI=1S/C17H28N4O2/c1-11-13(14(22)20-16(19-11)17(2,3)4)15(23)21-8-6-7-12(10-21)9-18-5/h12,18H,6-10H2,1-5H3,(H,19,20,22). The molecule has 0 spiro atoms. The first-order valence-electron chi connectivity index (χ1n) is 8.29. The molecule has 0 aliphatic carbocycles. The van der Waals surface area contributed by atoms with Crippen molar-refractivity contribution in [3.63, 3.8) is 0 Å². The number of nitrogens with zero attached hydrogens (tertiary/aromatic N) is 2. The van der Waals surface area contributed by atoms with Gasteiger partial charge in [-0.3, -0.25) is 9.59 Å². The van der Waals surface area contributed by atoms with Gasteiger partial charge >= 0.3 is 0 Å². The Labute approximate surface area is 137 Å². The van der Waals surface area contributed by atoms with Crippen molar-refractivity contribution in [2.45, 2.75) is 46.0 Å². The van der Waals surface area contributed by atoms with Crippen LogP contribution in [-0.4, -0.2) is 47.5 Å². The molecule has 0 aromatic carbocycles. The number of aromatic nitrogens is 2. The van der Waals surface area contributed by atoms with Gasteiger partial charge in [0, 0.05) is 18.5 Å². The Balaban J connectivity index is 2.28. The Morgan fingerprint density at radius 1 is 1.43 bits per heavy atom. The van der Waals surface area contributed by atoms with Crippen LogP contribution in [0.25, 0.3) is 0 Å². The van der Waals surface area contributed by atoms with Crippen LogP contribution in [-0.2, 0) is 5.41 Å². The molecule has 1 fully saturated rings. The molecule has 6 heteroatoms. The molecular weight excluding hydrogens is 292 g/mol. The summed E-state index contributed by atoms with van der Waals surface area (Å²) in [5.74, 6) is 0.861. The van der Waals surface area contributed by atoms with Crippen LogP contribution in [0.5, 0.6) is 0 Å². The van der Waals surface area contributed by atoms with Crippen molar-refractivity contribution >= 4 is 5.91 Å². The summed E-state index contributed by atoms with van der Waals surface area (Å²) in [6.45, 7) is 9.99. The van der Waals surface area contributed by atoms with Crippen molar-refractivity contribution in [2.75, 3.05) is 26.7 Å². The van der Waals surface area contributed by atoms with Gasteiger partial charge in [0.2, 0.25) is 0 Å². The molecule has 2 rings (SSSR count). The largest absolute Gasteiger partial charge is 0.338 e. The number of carbonyl (C=O) groups excluding carboxylic acids is 1. The Morgan fingerprint density at radius 2 is 2.13 bits per heavy atom. The number of amides is 1. The van der Waals surface area contributed by atoms with E-state index in [9.17, 15) is 9.59 Å². The highest BCUT2D eigenvalue weighted by molar-refractivity contribution is 5.94. The molecule has 2 N–H and O–H groups in total. The molecule has 1 atom stereocenters. The summed E-state index contributed by atoms with van der Waals surface area (Å²) < 4.78 is 0. The predicted octanol–water partition coefficient (Wildman–Crippen LogP) is 1.45. The zero-order valence-corrected chi connectivity index (χ0v) is 14.8. The molecule has 1 aliphatic heterocycles. The van der Waals surface area contributed by atoms with E-state index >= 15 is 0 Å². The van der Waals surface area contributed by atoms with E-state index in [1.807, 2.05) is 27.8 Å². The lowest BCUT2D eigenvalue weighted by molar-refractivity contribution is 0.0671.